The third-order valence-electron chi connectivity index (χ3n) is 1.40. The molecule has 1 rings (SSSR count). The molecule has 0 aliphatic rings. The van der Waals surface area contributed by atoms with E-state index in [4.69, 9.17) is 0 Å². The summed E-state index contributed by atoms with van der Waals surface area (Å²) in [5.41, 5.74) is 0.987. The van der Waals surface area contributed by atoms with Gasteiger partial charge in [-0.3, -0.25) is 0 Å². The van der Waals surface area contributed by atoms with Gasteiger partial charge in [-0.15, -0.1) is 0 Å². The Kier molecular flexibility index (Phi) is 2.17. The molecule has 1 heterocycles. The van der Waals surface area contributed by atoms with Gasteiger partial charge in [0.05, 0.1) is 0 Å². The van der Waals surface area contributed by atoms with Crippen LogP contribution in [0.2, 0.25) is 0 Å². The molecule has 0 fully saturated rings. The fraction of sp³-hybridized carbons (Fsp3) is 0.286. The highest BCUT2D eigenvalue weighted by atomic mass is 32.1. The number of aryl methyl sites for hydroxylation is 1. The van der Waals surface area contributed by atoms with Gasteiger partial charge in [0.1, 0.15) is 0 Å². The van der Waals surface area contributed by atoms with Crippen LogP contribution in [0.3, 0.4) is 0 Å². The predicted octanol–water partition coefficient (Wildman–Crippen LogP) is 1.17. The maximum Gasteiger partial charge on any atom is 0.251 e. The van der Waals surface area contributed by atoms with Gasteiger partial charge in [-0.1, -0.05) is 19.6 Å². The molecule has 1 aromatic heterocycles. The molecular formula is C7H9NOS. The van der Waals surface area contributed by atoms with Crippen molar-refractivity contribution in [3.05, 3.63) is 29.1 Å². The average Bonchev–Trinajstić information content (AvgIpc) is 1.95. The zero-order valence-corrected chi connectivity index (χ0v) is 6.64. The van der Waals surface area contributed by atoms with Crippen LogP contribution in [-0.4, -0.2) is 0 Å². The summed E-state index contributed by atoms with van der Waals surface area (Å²) < 4.78 is 0.766. The first-order valence-corrected chi connectivity index (χ1v) is 3.60. The smallest absolute Gasteiger partial charge is 0.251 e. The number of aromatic nitrogens is 1. The van der Waals surface area contributed by atoms with Gasteiger partial charge in [0, 0.05) is 11.6 Å². The van der Waals surface area contributed by atoms with E-state index in [1.807, 2.05) is 13.0 Å². The standard InChI is InChI=1S/C7H9NOS/c1-2-6-4-3-5-8(9)7(6)10/h3-5,10H,2H2,1H3. The lowest BCUT2D eigenvalue weighted by Gasteiger charge is -2.01. The normalized spacial score (nSPS) is 9.80. The average molecular weight is 155 g/mol. The third kappa shape index (κ3) is 1.24. The van der Waals surface area contributed by atoms with Crippen molar-refractivity contribution in [2.24, 2.45) is 0 Å². The highest BCUT2D eigenvalue weighted by Gasteiger charge is 2.03. The fourth-order valence-corrected chi connectivity index (χ4v) is 1.10. The number of thiol groups is 1. The van der Waals surface area contributed by atoms with Crippen molar-refractivity contribution in [1.29, 1.82) is 0 Å². The van der Waals surface area contributed by atoms with E-state index >= 15 is 0 Å². The molecule has 1 aromatic rings. The number of rotatable bonds is 1. The van der Waals surface area contributed by atoms with Crippen molar-refractivity contribution < 1.29 is 4.73 Å². The van der Waals surface area contributed by atoms with Crippen LogP contribution in [-0.2, 0) is 6.42 Å². The molecule has 0 saturated heterocycles. The highest BCUT2D eigenvalue weighted by Crippen LogP contribution is 2.07. The Morgan fingerprint density at radius 1 is 1.70 bits per heavy atom. The summed E-state index contributed by atoms with van der Waals surface area (Å²) in [7, 11) is 0. The Morgan fingerprint density at radius 3 is 2.90 bits per heavy atom. The van der Waals surface area contributed by atoms with Crippen LogP contribution < -0.4 is 4.73 Å². The second kappa shape index (κ2) is 2.92. The minimum absolute atomic E-state index is 0.505. The first kappa shape index (κ1) is 7.41. The molecule has 2 nitrogen and oxygen atoms in total. The van der Waals surface area contributed by atoms with Crippen molar-refractivity contribution >= 4 is 12.6 Å². The highest BCUT2D eigenvalue weighted by molar-refractivity contribution is 7.80. The first-order chi connectivity index (χ1) is 4.75. The van der Waals surface area contributed by atoms with Crippen molar-refractivity contribution in [3.8, 4) is 0 Å². The minimum atomic E-state index is 0.505. The van der Waals surface area contributed by atoms with Crippen LogP contribution in [0.4, 0.5) is 0 Å². The minimum Gasteiger partial charge on any atom is -0.618 e. The number of nitrogens with zero attached hydrogens (tertiary/aromatic N) is 1. The summed E-state index contributed by atoms with van der Waals surface area (Å²) in [6, 6.07) is 3.63. The summed E-state index contributed by atoms with van der Waals surface area (Å²) >= 11 is 4.04. The van der Waals surface area contributed by atoms with Gasteiger partial charge in [0.2, 0.25) is 0 Å². The van der Waals surface area contributed by atoms with E-state index in [2.05, 4.69) is 12.6 Å². The molecule has 0 atom stereocenters. The second-order valence-corrected chi connectivity index (χ2v) is 2.46. The summed E-state index contributed by atoms with van der Waals surface area (Å²) in [5.74, 6) is 0. The molecule has 0 unspecified atom stereocenters. The quantitative estimate of drug-likeness (QED) is 0.368. The van der Waals surface area contributed by atoms with Gasteiger partial charge in [0.25, 0.3) is 5.03 Å². The Morgan fingerprint density at radius 2 is 2.40 bits per heavy atom. The monoisotopic (exact) mass is 155 g/mol. The van der Waals surface area contributed by atoms with Crippen LogP contribution in [0, 0.1) is 5.21 Å². The van der Waals surface area contributed by atoms with Crippen molar-refractivity contribution in [2.75, 3.05) is 0 Å². The van der Waals surface area contributed by atoms with Crippen LogP contribution in [0.1, 0.15) is 12.5 Å². The lowest BCUT2D eigenvalue weighted by atomic mass is 10.2. The van der Waals surface area contributed by atoms with Crippen LogP contribution >= 0.6 is 12.6 Å². The van der Waals surface area contributed by atoms with Gasteiger partial charge < -0.3 is 5.21 Å². The molecule has 0 N–H and O–H groups in total. The van der Waals surface area contributed by atoms with Gasteiger partial charge in [-0.05, 0) is 12.5 Å². The maximum atomic E-state index is 10.8. The van der Waals surface area contributed by atoms with E-state index in [9.17, 15) is 5.21 Å². The van der Waals surface area contributed by atoms with Gasteiger partial charge in [0.15, 0.2) is 6.20 Å². The molecule has 10 heavy (non-hydrogen) atoms. The van der Waals surface area contributed by atoms with Crippen LogP contribution in [0.5, 0.6) is 0 Å². The Labute approximate surface area is 65.5 Å². The topological polar surface area (TPSA) is 26.9 Å². The number of hydrogen-bond acceptors (Lipinski definition) is 2. The summed E-state index contributed by atoms with van der Waals surface area (Å²) in [5, 5.41) is 11.3. The molecular weight excluding hydrogens is 146 g/mol. The Balaban J connectivity index is 3.14. The van der Waals surface area contributed by atoms with E-state index in [0.717, 1.165) is 16.7 Å². The van der Waals surface area contributed by atoms with E-state index in [1.54, 1.807) is 6.07 Å². The van der Waals surface area contributed by atoms with Gasteiger partial charge in [-0.2, -0.15) is 4.73 Å². The van der Waals surface area contributed by atoms with Crippen molar-refractivity contribution in [1.82, 2.24) is 0 Å². The SMILES string of the molecule is CCc1ccc[n+]([O-])c1S. The van der Waals surface area contributed by atoms with Crippen molar-refractivity contribution in [2.45, 2.75) is 18.4 Å². The molecule has 0 radical (unpaired) electrons. The molecule has 54 valence electrons. The first-order valence-electron chi connectivity index (χ1n) is 3.15. The lowest BCUT2D eigenvalue weighted by molar-refractivity contribution is -0.645. The Hall–Kier alpha value is -0.700. The van der Waals surface area contributed by atoms with Crippen LogP contribution in [0.25, 0.3) is 0 Å². The molecule has 0 aliphatic heterocycles. The predicted molar refractivity (Wildman–Crippen MR) is 42.0 cm³/mol. The molecule has 0 spiro atoms. The Bertz CT molecular complexity index is 237. The molecule has 3 heteroatoms. The molecule has 0 bridgehead atoms. The number of hydrogen-bond donors (Lipinski definition) is 1. The summed E-state index contributed by atoms with van der Waals surface area (Å²) in [4.78, 5) is 0. The van der Waals surface area contributed by atoms with Crippen LogP contribution in [0.15, 0.2) is 23.4 Å². The molecule has 0 aromatic carbocycles. The fourth-order valence-electron chi connectivity index (χ4n) is 0.800. The number of pyridine rings is 1. The third-order valence-corrected chi connectivity index (χ3v) is 1.88. The van der Waals surface area contributed by atoms with E-state index in [0.29, 0.717) is 5.03 Å². The van der Waals surface area contributed by atoms with Gasteiger partial charge >= 0.3 is 0 Å². The molecule has 0 aliphatic carbocycles. The largest absolute Gasteiger partial charge is 0.618 e. The summed E-state index contributed by atoms with van der Waals surface area (Å²) in [6.45, 7) is 2.00. The zero-order chi connectivity index (χ0) is 7.56. The second-order valence-electron chi connectivity index (χ2n) is 2.04. The van der Waals surface area contributed by atoms with Gasteiger partial charge in [-0.25, -0.2) is 0 Å². The van der Waals surface area contributed by atoms with E-state index in [-0.39, 0.29) is 0 Å². The maximum absolute atomic E-state index is 10.8. The summed E-state index contributed by atoms with van der Waals surface area (Å²) in [6.07, 6.45) is 2.30. The van der Waals surface area contributed by atoms with Crippen molar-refractivity contribution in [3.63, 3.8) is 0 Å². The molecule has 0 amide bonds. The molecule has 0 saturated carbocycles. The van der Waals surface area contributed by atoms with E-state index < -0.39 is 0 Å². The zero-order valence-electron chi connectivity index (χ0n) is 5.74. The lowest BCUT2D eigenvalue weighted by Crippen LogP contribution is -2.28. The van der Waals surface area contributed by atoms with E-state index in [1.165, 1.54) is 6.20 Å².